The van der Waals surface area contributed by atoms with Crippen LogP contribution in [-0.2, 0) is 33.7 Å². The van der Waals surface area contributed by atoms with E-state index in [4.69, 9.17) is 23.2 Å². The molecule has 0 saturated carbocycles. The molecule has 9 heteroatoms. The van der Waals surface area contributed by atoms with Gasteiger partial charge in [-0.25, -0.2) is 12.7 Å². The molecule has 1 unspecified atom stereocenters. The van der Waals surface area contributed by atoms with Gasteiger partial charge in [0.2, 0.25) is 15.9 Å². The molecule has 0 radical (unpaired) electrons. The fourth-order valence-electron chi connectivity index (χ4n) is 4.89. The normalized spacial score (nSPS) is 20.0. The van der Waals surface area contributed by atoms with E-state index in [1.807, 2.05) is 12.1 Å². The fraction of sp³-hybridized carbons (Fsp3) is 0.500. The lowest BCUT2D eigenvalue weighted by atomic mass is 9.98. The third-order valence-corrected chi connectivity index (χ3v) is 9.35. The molecule has 1 amide bonds. The number of likely N-dealkylation sites (tertiary alicyclic amines) is 1. The van der Waals surface area contributed by atoms with Crippen molar-refractivity contribution in [2.75, 3.05) is 26.2 Å². The van der Waals surface area contributed by atoms with Gasteiger partial charge in [-0.15, -0.1) is 0 Å². The van der Waals surface area contributed by atoms with Crippen LogP contribution in [0.4, 0.5) is 0 Å². The van der Waals surface area contributed by atoms with Gasteiger partial charge in [-0.05, 0) is 67.6 Å². The molecule has 2 fully saturated rings. The predicted octanol–water partition coefficient (Wildman–Crippen LogP) is 4.84. The number of sulfonamides is 1. The summed E-state index contributed by atoms with van der Waals surface area (Å²) in [6, 6.07) is 13.2. The summed E-state index contributed by atoms with van der Waals surface area (Å²) in [6.45, 7) is 4.30. The highest BCUT2D eigenvalue weighted by atomic mass is 35.5. The molecule has 0 bridgehead atoms. The summed E-state index contributed by atoms with van der Waals surface area (Å²) in [5, 5.41) is 3.75. The molecule has 2 heterocycles. The summed E-state index contributed by atoms with van der Waals surface area (Å²) in [5.74, 6) is -0.619. The smallest absolute Gasteiger partial charge is 0.224 e. The Morgan fingerprint density at radius 3 is 2.46 bits per heavy atom. The highest BCUT2D eigenvalue weighted by Gasteiger charge is 2.32. The molecule has 2 aliphatic rings. The quantitative estimate of drug-likeness (QED) is 0.523. The first kappa shape index (κ1) is 26.4. The van der Waals surface area contributed by atoms with Crippen LogP contribution < -0.4 is 5.32 Å². The highest BCUT2D eigenvalue weighted by molar-refractivity contribution is 7.88. The van der Waals surface area contributed by atoms with Crippen LogP contribution in [0.5, 0.6) is 0 Å². The summed E-state index contributed by atoms with van der Waals surface area (Å²) in [4.78, 5) is 15.4. The molecule has 35 heavy (non-hydrogen) atoms. The number of halogens is 2. The van der Waals surface area contributed by atoms with Crippen molar-refractivity contribution in [1.82, 2.24) is 14.5 Å². The molecule has 190 valence electrons. The van der Waals surface area contributed by atoms with E-state index in [2.05, 4.69) is 22.3 Å². The molecular weight excluding hydrogens is 505 g/mol. The molecule has 2 aromatic carbocycles. The highest BCUT2D eigenvalue weighted by Crippen LogP contribution is 2.26. The van der Waals surface area contributed by atoms with Gasteiger partial charge in [-0.2, -0.15) is 0 Å². The number of rotatable bonds is 8. The Morgan fingerprint density at radius 1 is 0.914 bits per heavy atom. The second kappa shape index (κ2) is 12.1. The number of carbonyl (C=O) groups excluding carboxylic acids is 1. The molecular formula is C26H33Cl2N3O3S. The number of nitrogens with zero attached hydrogens (tertiary/aromatic N) is 2. The zero-order valence-electron chi connectivity index (χ0n) is 19.9. The molecule has 6 nitrogen and oxygen atoms in total. The van der Waals surface area contributed by atoms with Crippen LogP contribution in [0.1, 0.15) is 48.8 Å². The first-order valence-corrected chi connectivity index (χ1v) is 14.7. The first-order chi connectivity index (χ1) is 16.8. The maximum atomic E-state index is 13.0. The van der Waals surface area contributed by atoms with Crippen LogP contribution in [0.2, 0.25) is 10.0 Å². The summed E-state index contributed by atoms with van der Waals surface area (Å²) in [5.41, 5.74) is 2.90. The molecule has 2 saturated heterocycles. The lowest BCUT2D eigenvalue weighted by Crippen LogP contribution is -2.45. The van der Waals surface area contributed by atoms with Gasteiger partial charge in [-0.3, -0.25) is 9.69 Å². The molecule has 1 atom stereocenters. The Kier molecular flexibility index (Phi) is 9.11. The van der Waals surface area contributed by atoms with Crippen LogP contribution >= 0.6 is 23.2 Å². The molecule has 0 spiro atoms. The van der Waals surface area contributed by atoms with Crippen molar-refractivity contribution >= 4 is 39.1 Å². The number of hydrogen-bond donors (Lipinski definition) is 1. The van der Waals surface area contributed by atoms with E-state index in [-0.39, 0.29) is 24.1 Å². The molecule has 1 N–H and O–H groups in total. The van der Waals surface area contributed by atoms with Crippen LogP contribution in [-0.4, -0.2) is 49.7 Å². The Hall–Kier alpha value is -1.64. The maximum Gasteiger partial charge on any atom is 0.224 e. The number of carbonyl (C=O) groups is 1. The van der Waals surface area contributed by atoms with Crippen molar-refractivity contribution in [2.45, 2.75) is 50.9 Å². The summed E-state index contributed by atoms with van der Waals surface area (Å²) < 4.78 is 27.5. The second-order valence-electron chi connectivity index (χ2n) is 9.58. The summed E-state index contributed by atoms with van der Waals surface area (Å²) >= 11 is 12.0. The van der Waals surface area contributed by atoms with Crippen LogP contribution in [0, 0.1) is 5.92 Å². The third-order valence-electron chi connectivity index (χ3n) is 6.79. The number of nitrogens with one attached hydrogen (secondary N) is 1. The van der Waals surface area contributed by atoms with Gasteiger partial charge in [0.15, 0.2) is 0 Å². The van der Waals surface area contributed by atoms with Crippen molar-refractivity contribution in [3.05, 3.63) is 69.2 Å². The molecule has 4 rings (SSSR count). The van der Waals surface area contributed by atoms with Gasteiger partial charge in [0, 0.05) is 26.2 Å². The Bertz CT molecular complexity index is 1140. The standard InChI is InChI=1S/C26H33Cl2N3O3S/c27-24-10-9-22(15-25(24)28)19-35(33,34)31-13-5-8-23(18-31)26(32)29-16-20-6-4-7-21(14-20)17-30-11-2-1-3-12-30/h4,6-7,9-10,14-15,23H,1-3,5,8,11-13,16-19H2,(H,29,32). The lowest BCUT2D eigenvalue weighted by Gasteiger charge is -2.31. The van der Waals surface area contributed by atoms with E-state index >= 15 is 0 Å². The van der Waals surface area contributed by atoms with Gasteiger partial charge in [0.25, 0.3) is 0 Å². The van der Waals surface area contributed by atoms with E-state index in [1.54, 1.807) is 18.2 Å². The van der Waals surface area contributed by atoms with Crippen molar-refractivity contribution in [3.8, 4) is 0 Å². The zero-order valence-corrected chi connectivity index (χ0v) is 22.2. The second-order valence-corrected chi connectivity index (χ2v) is 12.4. The van der Waals surface area contributed by atoms with Crippen LogP contribution in [0.15, 0.2) is 42.5 Å². The monoisotopic (exact) mass is 537 g/mol. The Labute approximate surface area is 218 Å². The van der Waals surface area contributed by atoms with Crippen LogP contribution in [0.3, 0.4) is 0 Å². The first-order valence-electron chi connectivity index (χ1n) is 12.3. The van der Waals surface area contributed by atoms with Gasteiger partial charge in [0.05, 0.1) is 21.7 Å². The van der Waals surface area contributed by atoms with E-state index in [9.17, 15) is 13.2 Å². The molecule has 2 aliphatic heterocycles. The molecule has 2 aromatic rings. The Balaban J connectivity index is 1.31. The van der Waals surface area contributed by atoms with E-state index < -0.39 is 10.0 Å². The largest absolute Gasteiger partial charge is 0.352 e. The third kappa shape index (κ3) is 7.43. The summed E-state index contributed by atoms with van der Waals surface area (Å²) in [6.07, 6.45) is 5.18. The van der Waals surface area contributed by atoms with E-state index in [0.29, 0.717) is 41.5 Å². The van der Waals surface area contributed by atoms with Crippen LogP contribution in [0.25, 0.3) is 0 Å². The van der Waals surface area contributed by atoms with Crippen molar-refractivity contribution in [3.63, 3.8) is 0 Å². The minimum absolute atomic E-state index is 0.0964. The van der Waals surface area contributed by atoms with Crippen molar-refractivity contribution in [2.24, 2.45) is 5.92 Å². The van der Waals surface area contributed by atoms with Gasteiger partial charge < -0.3 is 5.32 Å². The van der Waals surface area contributed by atoms with E-state index in [0.717, 1.165) is 25.2 Å². The number of amides is 1. The average molecular weight is 539 g/mol. The number of benzene rings is 2. The van der Waals surface area contributed by atoms with Gasteiger partial charge in [-0.1, -0.05) is 60.0 Å². The Morgan fingerprint density at radius 2 is 1.69 bits per heavy atom. The van der Waals surface area contributed by atoms with Crippen molar-refractivity contribution in [1.29, 1.82) is 0 Å². The number of hydrogen-bond acceptors (Lipinski definition) is 4. The fourth-order valence-corrected chi connectivity index (χ4v) is 6.81. The average Bonchev–Trinajstić information content (AvgIpc) is 2.85. The van der Waals surface area contributed by atoms with Crippen molar-refractivity contribution < 1.29 is 13.2 Å². The zero-order chi connectivity index (χ0) is 24.8. The predicted molar refractivity (Wildman–Crippen MR) is 141 cm³/mol. The topological polar surface area (TPSA) is 69.7 Å². The minimum atomic E-state index is -3.57. The molecule has 0 aliphatic carbocycles. The van der Waals surface area contributed by atoms with Gasteiger partial charge >= 0.3 is 0 Å². The minimum Gasteiger partial charge on any atom is -0.352 e. The summed E-state index contributed by atoms with van der Waals surface area (Å²) in [7, 11) is -3.57. The van der Waals surface area contributed by atoms with Gasteiger partial charge in [0.1, 0.15) is 0 Å². The lowest BCUT2D eigenvalue weighted by molar-refractivity contribution is -0.126. The van der Waals surface area contributed by atoms with E-state index in [1.165, 1.54) is 29.1 Å². The maximum absolute atomic E-state index is 13.0. The molecule has 0 aromatic heterocycles. The number of piperidine rings is 2. The SMILES string of the molecule is O=C(NCc1cccc(CN2CCCCC2)c1)C1CCCN(S(=O)(=O)Cc2ccc(Cl)c(Cl)c2)C1.